The summed E-state index contributed by atoms with van der Waals surface area (Å²) in [7, 11) is 5.90. The van der Waals surface area contributed by atoms with Gasteiger partial charge in [0.1, 0.15) is 0 Å². The molecule has 1 aromatic heterocycles. The number of amides is 1. The highest BCUT2D eigenvalue weighted by molar-refractivity contribution is 5.93. The molecular formula is C22H38N4O. The number of nitrogens with zero attached hydrogens (tertiary/aromatic N) is 4. The molecule has 0 radical (unpaired) electrons. The Morgan fingerprint density at radius 1 is 1.15 bits per heavy atom. The van der Waals surface area contributed by atoms with E-state index in [0.717, 1.165) is 31.8 Å². The average molecular weight is 375 g/mol. The molecule has 0 aliphatic heterocycles. The zero-order valence-corrected chi connectivity index (χ0v) is 18.0. The lowest BCUT2D eigenvalue weighted by Gasteiger charge is -2.33. The van der Waals surface area contributed by atoms with E-state index in [1.807, 2.05) is 14.1 Å². The molecule has 0 N–H and O–H groups in total. The molecule has 1 fully saturated rings. The summed E-state index contributed by atoms with van der Waals surface area (Å²) >= 11 is 0. The van der Waals surface area contributed by atoms with Gasteiger partial charge in [-0.1, -0.05) is 33.1 Å². The molecule has 27 heavy (non-hydrogen) atoms. The van der Waals surface area contributed by atoms with Crippen LogP contribution in [0.15, 0.2) is 0 Å². The van der Waals surface area contributed by atoms with Crippen molar-refractivity contribution < 1.29 is 4.79 Å². The molecule has 1 atom stereocenters. The maximum absolute atomic E-state index is 12.8. The van der Waals surface area contributed by atoms with E-state index in [9.17, 15) is 4.79 Å². The zero-order valence-electron chi connectivity index (χ0n) is 18.0. The van der Waals surface area contributed by atoms with Crippen LogP contribution in [0.4, 0.5) is 0 Å². The van der Waals surface area contributed by atoms with E-state index in [2.05, 4.69) is 30.5 Å². The highest BCUT2D eigenvalue weighted by Crippen LogP contribution is 2.31. The fourth-order valence-corrected chi connectivity index (χ4v) is 4.92. The summed E-state index contributed by atoms with van der Waals surface area (Å²) in [5, 5.41) is 4.87. The number of carbonyl (C=O) groups is 1. The van der Waals surface area contributed by atoms with Gasteiger partial charge in [-0.25, -0.2) is 0 Å². The zero-order chi connectivity index (χ0) is 19.6. The molecule has 1 amide bonds. The van der Waals surface area contributed by atoms with Crippen LogP contribution in [0.2, 0.25) is 0 Å². The minimum Gasteiger partial charge on any atom is -0.343 e. The van der Waals surface area contributed by atoms with Crippen molar-refractivity contribution in [2.45, 2.75) is 77.8 Å². The minimum absolute atomic E-state index is 0.0563. The lowest BCUT2D eigenvalue weighted by atomic mass is 9.88. The summed E-state index contributed by atoms with van der Waals surface area (Å²) in [6, 6.07) is 0.515. The lowest BCUT2D eigenvalue weighted by Crippen LogP contribution is -2.39. The third-order valence-electron chi connectivity index (χ3n) is 6.36. The summed E-state index contributed by atoms with van der Waals surface area (Å²) in [4.78, 5) is 17.0. The third kappa shape index (κ3) is 4.74. The predicted octanol–water partition coefficient (Wildman–Crippen LogP) is 3.61. The van der Waals surface area contributed by atoms with Gasteiger partial charge < -0.3 is 9.80 Å². The Morgan fingerprint density at radius 3 is 2.48 bits per heavy atom. The standard InChI is InChI=1S/C22H38N4O/c1-16(2)14-25(5)18-11-12-20-19(13-18)21(22(27)24(3)4)23-26(20)15-17-9-7-6-8-10-17/h16-18H,6-15H2,1-5H3. The first-order valence-corrected chi connectivity index (χ1v) is 10.9. The van der Waals surface area contributed by atoms with Crippen LogP contribution >= 0.6 is 0 Å². The molecule has 2 aliphatic rings. The van der Waals surface area contributed by atoms with E-state index < -0.39 is 0 Å². The number of aromatic nitrogens is 2. The number of hydrogen-bond acceptors (Lipinski definition) is 3. The van der Waals surface area contributed by atoms with E-state index >= 15 is 0 Å². The quantitative estimate of drug-likeness (QED) is 0.764. The molecule has 5 heteroatoms. The fraction of sp³-hybridized carbons (Fsp3) is 0.818. The van der Waals surface area contributed by atoms with E-state index in [4.69, 9.17) is 5.10 Å². The first-order chi connectivity index (χ1) is 12.9. The minimum atomic E-state index is 0.0563. The second-order valence-corrected chi connectivity index (χ2v) is 9.39. The van der Waals surface area contributed by atoms with Gasteiger partial charge in [0.2, 0.25) is 0 Å². The maximum Gasteiger partial charge on any atom is 0.274 e. The Labute approximate surface area is 165 Å². The van der Waals surface area contributed by atoms with Gasteiger partial charge >= 0.3 is 0 Å². The number of carbonyl (C=O) groups excluding carboxylic acids is 1. The topological polar surface area (TPSA) is 41.4 Å². The van der Waals surface area contributed by atoms with Crippen molar-refractivity contribution in [2.75, 3.05) is 27.7 Å². The highest BCUT2D eigenvalue weighted by atomic mass is 16.2. The molecule has 0 spiro atoms. The SMILES string of the molecule is CC(C)CN(C)C1CCc2c(c(C(=O)N(C)C)nn2CC2CCCCC2)C1. The fourth-order valence-electron chi connectivity index (χ4n) is 4.92. The van der Waals surface area contributed by atoms with Crippen molar-refractivity contribution in [3.05, 3.63) is 17.0 Å². The number of hydrogen-bond donors (Lipinski definition) is 0. The molecule has 0 aromatic carbocycles. The van der Waals surface area contributed by atoms with Crippen molar-refractivity contribution in [3.8, 4) is 0 Å². The monoisotopic (exact) mass is 374 g/mol. The first kappa shape index (κ1) is 20.4. The molecule has 1 saturated carbocycles. The van der Waals surface area contributed by atoms with Gasteiger partial charge in [0, 0.05) is 44.5 Å². The van der Waals surface area contributed by atoms with E-state index in [-0.39, 0.29) is 5.91 Å². The van der Waals surface area contributed by atoms with E-state index in [1.165, 1.54) is 49.8 Å². The van der Waals surface area contributed by atoms with Crippen molar-refractivity contribution in [2.24, 2.45) is 11.8 Å². The Hall–Kier alpha value is -1.36. The molecule has 1 heterocycles. The Bertz CT molecular complexity index is 643. The van der Waals surface area contributed by atoms with Gasteiger partial charge in [-0.05, 0) is 51.0 Å². The summed E-state index contributed by atoms with van der Waals surface area (Å²) in [6.07, 6.45) is 9.86. The van der Waals surface area contributed by atoms with Crippen LogP contribution in [0.3, 0.4) is 0 Å². The largest absolute Gasteiger partial charge is 0.343 e. The van der Waals surface area contributed by atoms with Crippen LogP contribution in [-0.4, -0.2) is 59.2 Å². The third-order valence-corrected chi connectivity index (χ3v) is 6.36. The van der Waals surface area contributed by atoms with E-state index in [0.29, 0.717) is 17.7 Å². The van der Waals surface area contributed by atoms with Crippen LogP contribution in [-0.2, 0) is 19.4 Å². The first-order valence-electron chi connectivity index (χ1n) is 10.9. The molecular weight excluding hydrogens is 336 g/mol. The summed E-state index contributed by atoms with van der Waals surface area (Å²) in [5.74, 6) is 1.44. The van der Waals surface area contributed by atoms with Gasteiger partial charge in [0.05, 0.1) is 0 Å². The van der Waals surface area contributed by atoms with Crippen LogP contribution in [0.25, 0.3) is 0 Å². The van der Waals surface area contributed by atoms with Crippen LogP contribution in [0.1, 0.15) is 74.1 Å². The summed E-state index contributed by atoms with van der Waals surface area (Å²) in [5.41, 5.74) is 3.25. The Balaban J connectivity index is 1.85. The molecule has 1 aromatic rings. The summed E-state index contributed by atoms with van der Waals surface area (Å²) < 4.78 is 2.21. The van der Waals surface area contributed by atoms with Gasteiger partial charge in [-0.2, -0.15) is 5.10 Å². The van der Waals surface area contributed by atoms with Crippen LogP contribution in [0.5, 0.6) is 0 Å². The second kappa shape index (κ2) is 8.76. The molecule has 1 unspecified atom stereocenters. The molecule has 5 nitrogen and oxygen atoms in total. The number of likely N-dealkylation sites (N-methyl/N-ethyl adjacent to an activating group) is 1. The number of fused-ring (bicyclic) bond motifs is 1. The van der Waals surface area contributed by atoms with Crippen molar-refractivity contribution in [3.63, 3.8) is 0 Å². The molecule has 2 aliphatic carbocycles. The van der Waals surface area contributed by atoms with Gasteiger partial charge in [0.25, 0.3) is 5.91 Å². The van der Waals surface area contributed by atoms with E-state index in [1.54, 1.807) is 4.90 Å². The van der Waals surface area contributed by atoms with Crippen LogP contribution in [0, 0.1) is 11.8 Å². The maximum atomic E-state index is 12.8. The van der Waals surface area contributed by atoms with Crippen LogP contribution < -0.4 is 0 Å². The predicted molar refractivity (Wildman–Crippen MR) is 110 cm³/mol. The molecule has 0 saturated heterocycles. The average Bonchev–Trinajstić information content (AvgIpc) is 2.99. The normalized spacial score (nSPS) is 20.9. The molecule has 0 bridgehead atoms. The smallest absolute Gasteiger partial charge is 0.274 e. The van der Waals surface area contributed by atoms with Gasteiger partial charge in [-0.3, -0.25) is 9.48 Å². The lowest BCUT2D eigenvalue weighted by molar-refractivity contribution is 0.0819. The number of rotatable bonds is 6. The van der Waals surface area contributed by atoms with Crippen molar-refractivity contribution >= 4 is 5.91 Å². The van der Waals surface area contributed by atoms with Gasteiger partial charge in [-0.15, -0.1) is 0 Å². The Kier molecular flexibility index (Phi) is 6.61. The van der Waals surface area contributed by atoms with Gasteiger partial charge in [0.15, 0.2) is 5.69 Å². The van der Waals surface area contributed by atoms with Crippen molar-refractivity contribution in [1.82, 2.24) is 19.6 Å². The Morgan fingerprint density at radius 2 is 1.85 bits per heavy atom. The second-order valence-electron chi connectivity index (χ2n) is 9.39. The van der Waals surface area contributed by atoms with Crippen molar-refractivity contribution in [1.29, 1.82) is 0 Å². The summed E-state index contributed by atoms with van der Waals surface area (Å²) in [6.45, 7) is 6.64. The highest BCUT2D eigenvalue weighted by Gasteiger charge is 2.32. The molecule has 3 rings (SSSR count). The molecule has 152 valence electrons.